The number of carbonyl (C=O) groups is 2. The first kappa shape index (κ1) is 15.5. The Kier molecular flexibility index (Phi) is 3.94. The third-order valence-corrected chi connectivity index (χ3v) is 5.79. The average Bonchev–Trinajstić information content (AvgIpc) is 3.22. The molecule has 1 aromatic rings. The lowest BCUT2D eigenvalue weighted by Gasteiger charge is -2.31. The molecule has 2 aliphatic heterocycles. The first-order valence-electron chi connectivity index (χ1n) is 9.01. The summed E-state index contributed by atoms with van der Waals surface area (Å²) in [6.07, 6.45) is 5.73. The summed E-state index contributed by atoms with van der Waals surface area (Å²) in [5.41, 5.74) is 2.22. The van der Waals surface area contributed by atoms with E-state index in [0.717, 1.165) is 24.8 Å². The second-order valence-corrected chi connectivity index (χ2v) is 7.35. The molecule has 5 nitrogen and oxygen atoms in total. The fourth-order valence-electron chi connectivity index (χ4n) is 4.46. The number of amides is 2. The molecule has 1 saturated carbocycles. The number of rotatable bonds is 2. The molecular formula is C19H24N2O3. The van der Waals surface area contributed by atoms with Gasteiger partial charge in [0.1, 0.15) is 5.75 Å². The Morgan fingerprint density at radius 2 is 1.96 bits per heavy atom. The van der Waals surface area contributed by atoms with Gasteiger partial charge < -0.3 is 14.9 Å². The van der Waals surface area contributed by atoms with Crippen molar-refractivity contribution < 1.29 is 14.7 Å². The normalized spacial score (nSPS) is 24.5. The predicted molar refractivity (Wildman–Crippen MR) is 89.3 cm³/mol. The molecule has 2 fully saturated rings. The van der Waals surface area contributed by atoms with E-state index < -0.39 is 0 Å². The Balaban J connectivity index is 1.44. The van der Waals surface area contributed by atoms with Crippen LogP contribution in [0.25, 0.3) is 0 Å². The number of phenolic OH excluding ortho intramolecular Hbond substituents is 1. The lowest BCUT2D eigenvalue weighted by atomic mass is 9.97. The number of carbonyl (C=O) groups excluding carboxylic acids is 2. The zero-order valence-corrected chi connectivity index (χ0v) is 13.9. The van der Waals surface area contributed by atoms with Crippen molar-refractivity contribution in [1.29, 1.82) is 0 Å². The van der Waals surface area contributed by atoms with Gasteiger partial charge in [-0.2, -0.15) is 0 Å². The molecule has 2 heterocycles. The Labute approximate surface area is 142 Å². The number of hydrogen-bond acceptors (Lipinski definition) is 3. The predicted octanol–water partition coefficient (Wildman–Crippen LogP) is 2.07. The summed E-state index contributed by atoms with van der Waals surface area (Å²) in [6, 6.07) is 5.74. The van der Waals surface area contributed by atoms with E-state index in [2.05, 4.69) is 0 Å². The van der Waals surface area contributed by atoms with Crippen LogP contribution in [0.4, 0.5) is 0 Å². The molecule has 0 unspecified atom stereocenters. The van der Waals surface area contributed by atoms with Crippen LogP contribution in [0, 0.1) is 5.92 Å². The summed E-state index contributed by atoms with van der Waals surface area (Å²) in [5.74, 6) is 0.289. The fourth-order valence-corrected chi connectivity index (χ4v) is 4.46. The summed E-state index contributed by atoms with van der Waals surface area (Å²) in [7, 11) is 0. The lowest BCUT2D eigenvalue weighted by Crippen LogP contribution is -2.41. The summed E-state index contributed by atoms with van der Waals surface area (Å²) < 4.78 is 0. The van der Waals surface area contributed by atoms with E-state index in [1.54, 1.807) is 12.1 Å². The maximum atomic E-state index is 12.9. The molecule has 1 aliphatic carbocycles. The summed E-state index contributed by atoms with van der Waals surface area (Å²) in [5, 5.41) is 9.66. The Hall–Kier alpha value is -2.04. The summed E-state index contributed by atoms with van der Waals surface area (Å²) >= 11 is 0. The van der Waals surface area contributed by atoms with E-state index in [4.69, 9.17) is 0 Å². The molecule has 1 atom stereocenters. The van der Waals surface area contributed by atoms with E-state index >= 15 is 0 Å². The third-order valence-electron chi connectivity index (χ3n) is 5.79. The highest BCUT2D eigenvalue weighted by Crippen LogP contribution is 2.31. The van der Waals surface area contributed by atoms with Gasteiger partial charge in [0.15, 0.2) is 0 Å². The van der Waals surface area contributed by atoms with Crippen molar-refractivity contribution in [1.82, 2.24) is 9.80 Å². The van der Waals surface area contributed by atoms with Crippen LogP contribution in [0.3, 0.4) is 0 Å². The van der Waals surface area contributed by atoms with E-state index in [9.17, 15) is 14.7 Å². The minimum absolute atomic E-state index is 0.0952. The quantitative estimate of drug-likeness (QED) is 0.904. The maximum Gasteiger partial charge on any atom is 0.228 e. The van der Waals surface area contributed by atoms with Gasteiger partial charge in [0, 0.05) is 32.1 Å². The number of nitrogens with zero attached hydrogens (tertiary/aromatic N) is 2. The van der Waals surface area contributed by atoms with Crippen molar-refractivity contribution in [2.45, 2.75) is 51.1 Å². The minimum atomic E-state index is -0.197. The van der Waals surface area contributed by atoms with Crippen LogP contribution < -0.4 is 0 Å². The van der Waals surface area contributed by atoms with Crippen LogP contribution in [0.5, 0.6) is 5.75 Å². The Bertz CT molecular complexity index is 667. The highest BCUT2D eigenvalue weighted by atomic mass is 16.3. The molecular weight excluding hydrogens is 304 g/mol. The highest BCUT2D eigenvalue weighted by Gasteiger charge is 2.40. The number of aromatic hydroxyl groups is 1. The molecule has 1 N–H and O–H groups in total. The summed E-state index contributed by atoms with van der Waals surface area (Å²) in [6.45, 7) is 1.83. The molecule has 0 bridgehead atoms. The van der Waals surface area contributed by atoms with Gasteiger partial charge in [-0.15, -0.1) is 0 Å². The number of benzene rings is 1. The maximum absolute atomic E-state index is 12.9. The van der Waals surface area contributed by atoms with Gasteiger partial charge in [0.2, 0.25) is 11.8 Å². The van der Waals surface area contributed by atoms with Crippen LogP contribution in [0.15, 0.2) is 18.2 Å². The molecule has 0 spiro atoms. The second-order valence-electron chi connectivity index (χ2n) is 7.35. The van der Waals surface area contributed by atoms with Crippen LogP contribution in [0.1, 0.15) is 43.2 Å². The number of fused-ring (bicyclic) bond motifs is 1. The fraction of sp³-hybridized carbons (Fsp3) is 0.579. The van der Waals surface area contributed by atoms with E-state index in [1.165, 1.54) is 18.4 Å². The molecule has 0 aromatic heterocycles. The Morgan fingerprint density at radius 1 is 1.17 bits per heavy atom. The first-order valence-corrected chi connectivity index (χ1v) is 9.01. The van der Waals surface area contributed by atoms with Crippen molar-refractivity contribution in [3.8, 4) is 5.75 Å². The van der Waals surface area contributed by atoms with Crippen molar-refractivity contribution >= 4 is 11.8 Å². The van der Waals surface area contributed by atoms with Crippen LogP contribution in [-0.2, 0) is 22.6 Å². The standard InChI is InChI=1S/C19H24N2O3/c22-17-6-5-13-7-8-20(11-14(13)9-17)19(24)15-10-18(23)21(12-15)16-3-1-2-4-16/h5-6,9,15-16,22H,1-4,7-8,10-12H2/t15-/m0/s1. The van der Waals surface area contributed by atoms with Crippen LogP contribution in [0.2, 0.25) is 0 Å². The number of likely N-dealkylation sites (tertiary alicyclic amines) is 1. The van der Waals surface area contributed by atoms with Crippen molar-refractivity contribution in [2.24, 2.45) is 5.92 Å². The Morgan fingerprint density at radius 3 is 2.75 bits per heavy atom. The van der Waals surface area contributed by atoms with E-state index in [0.29, 0.717) is 32.1 Å². The van der Waals surface area contributed by atoms with Gasteiger partial charge in [0.25, 0.3) is 0 Å². The molecule has 1 aromatic carbocycles. The largest absolute Gasteiger partial charge is 0.508 e. The highest BCUT2D eigenvalue weighted by molar-refractivity contribution is 5.89. The number of hydrogen-bond donors (Lipinski definition) is 1. The molecule has 1 saturated heterocycles. The van der Waals surface area contributed by atoms with Gasteiger partial charge >= 0.3 is 0 Å². The monoisotopic (exact) mass is 328 g/mol. The first-order chi connectivity index (χ1) is 11.6. The van der Waals surface area contributed by atoms with Gasteiger partial charge in [-0.25, -0.2) is 0 Å². The third kappa shape index (κ3) is 2.76. The SMILES string of the molecule is O=C([C@H]1CC(=O)N(C2CCCC2)C1)N1CCc2ccc(O)cc2C1. The summed E-state index contributed by atoms with van der Waals surface area (Å²) in [4.78, 5) is 29.0. The van der Waals surface area contributed by atoms with Gasteiger partial charge in [-0.05, 0) is 42.5 Å². The number of phenols is 1. The van der Waals surface area contributed by atoms with Crippen LogP contribution >= 0.6 is 0 Å². The molecule has 128 valence electrons. The molecule has 4 rings (SSSR count). The smallest absolute Gasteiger partial charge is 0.228 e. The zero-order valence-electron chi connectivity index (χ0n) is 13.9. The van der Waals surface area contributed by atoms with Gasteiger partial charge in [-0.1, -0.05) is 18.9 Å². The van der Waals surface area contributed by atoms with Crippen molar-refractivity contribution in [3.05, 3.63) is 29.3 Å². The molecule has 2 amide bonds. The molecule has 3 aliphatic rings. The van der Waals surface area contributed by atoms with Crippen LogP contribution in [-0.4, -0.2) is 45.9 Å². The van der Waals surface area contributed by atoms with E-state index in [1.807, 2.05) is 15.9 Å². The van der Waals surface area contributed by atoms with Crippen molar-refractivity contribution in [3.63, 3.8) is 0 Å². The van der Waals surface area contributed by atoms with Gasteiger partial charge in [0.05, 0.1) is 5.92 Å². The minimum Gasteiger partial charge on any atom is -0.508 e. The average molecular weight is 328 g/mol. The lowest BCUT2D eigenvalue weighted by molar-refractivity contribution is -0.136. The molecule has 5 heteroatoms. The topological polar surface area (TPSA) is 60.9 Å². The zero-order chi connectivity index (χ0) is 16.7. The molecule has 24 heavy (non-hydrogen) atoms. The van der Waals surface area contributed by atoms with Crippen molar-refractivity contribution in [2.75, 3.05) is 13.1 Å². The second kappa shape index (κ2) is 6.11. The van der Waals surface area contributed by atoms with Gasteiger partial charge in [-0.3, -0.25) is 9.59 Å². The van der Waals surface area contributed by atoms with E-state index in [-0.39, 0.29) is 23.5 Å². The molecule has 0 radical (unpaired) electrons.